The van der Waals surface area contributed by atoms with Crippen LogP contribution in [0.1, 0.15) is 49.4 Å². The molecule has 0 aliphatic rings. The predicted molar refractivity (Wildman–Crippen MR) is 105 cm³/mol. The Kier molecular flexibility index (Phi) is 7.54. The van der Waals surface area contributed by atoms with E-state index in [0.717, 1.165) is 12.0 Å². The largest absolute Gasteiger partial charge is 0.0958 e. The van der Waals surface area contributed by atoms with E-state index in [2.05, 4.69) is 96.7 Å². The van der Waals surface area contributed by atoms with Crippen molar-refractivity contribution >= 4 is 5.57 Å². The van der Waals surface area contributed by atoms with Crippen LogP contribution >= 0.6 is 0 Å². The molecule has 2 rings (SSSR count). The molecular formula is C23H30. The lowest BCUT2D eigenvalue weighted by molar-refractivity contribution is 1.19. The van der Waals surface area contributed by atoms with Crippen molar-refractivity contribution in [3.63, 3.8) is 0 Å². The highest BCUT2D eigenvalue weighted by molar-refractivity contribution is 5.71. The topological polar surface area (TPSA) is 0 Å². The summed E-state index contributed by atoms with van der Waals surface area (Å²) in [4.78, 5) is 0. The van der Waals surface area contributed by atoms with E-state index >= 15 is 0 Å². The van der Waals surface area contributed by atoms with E-state index in [1.54, 1.807) is 0 Å². The predicted octanol–water partition coefficient (Wildman–Crippen LogP) is 7.06. The van der Waals surface area contributed by atoms with Gasteiger partial charge in [-0.25, -0.2) is 0 Å². The number of hydrogen-bond donors (Lipinski definition) is 0. The molecule has 2 aromatic carbocycles. The lowest BCUT2D eigenvalue weighted by Gasteiger charge is -2.11. The van der Waals surface area contributed by atoms with E-state index in [1.165, 1.54) is 33.4 Å². The standard InChI is InChI=1S/C15H20.C8H10/c1-6-15(13(5)11(2)3)14-9-7-12(4)8-10-14;1-7-3-5-8(2)6-4-7/h7-10H,2,6H2,1,3-5H3;3-6H,1-2H3/b15-13-;. The minimum atomic E-state index is 1.06. The number of rotatable bonds is 3. The van der Waals surface area contributed by atoms with Crippen molar-refractivity contribution in [3.8, 4) is 0 Å². The molecule has 23 heavy (non-hydrogen) atoms. The van der Waals surface area contributed by atoms with Crippen LogP contribution in [0, 0.1) is 20.8 Å². The van der Waals surface area contributed by atoms with Crippen molar-refractivity contribution in [2.45, 2.75) is 48.0 Å². The zero-order valence-corrected chi connectivity index (χ0v) is 15.5. The molecule has 0 atom stereocenters. The quantitative estimate of drug-likeness (QED) is 0.532. The number of aryl methyl sites for hydroxylation is 3. The molecule has 0 aromatic heterocycles. The Bertz CT molecular complexity index is 631. The maximum Gasteiger partial charge on any atom is -0.0222 e. The van der Waals surface area contributed by atoms with Crippen molar-refractivity contribution in [2.75, 3.05) is 0 Å². The number of hydrogen-bond acceptors (Lipinski definition) is 0. The average Bonchev–Trinajstić information content (AvgIpc) is 2.53. The highest BCUT2D eigenvalue weighted by Crippen LogP contribution is 2.25. The first-order chi connectivity index (χ1) is 10.8. The molecule has 0 bridgehead atoms. The third kappa shape index (κ3) is 6.28. The van der Waals surface area contributed by atoms with Crippen LogP contribution < -0.4 is 0 Å². The molecular weight excluding hydrogens is 276 g/mol. The second-order valence-electron chi connectivity index (χ2n) is 6.26. The molecule has 0 heteroatoms. The van der Waals surface area contributed by atoms with E-state index in [0.29, 0.717) is 0 Å². The summed E-state index contributed by atoms with van der Waals surface area (Å²) in [6.45, 7) is 16.7. The molecule has 0 spiro atoms. The summed E-state index contributed by atoms with van der Waals surface area (Å²) in [5, 5.41) is 0. The fourth-order valence-corrected chi connectivity index (χ4v) is 2.34. The van der Waals surface area contributed by atoms with Crippen molar-refractivity contribution in [3.05, 3.63) is 88.5 Å². The lowest BCUT2D eigenvalue weighted by Crippen LogP contribution is -1.89. The zero-order chi connectivity index (χ0) is 17.4. The van der Waals surface area contributed by atoms with Crippen LogP contribution in [-0.2, 0) is 0 Å². The monoisotopic (exact) mass is 306 g/mol. The summed E-state index contributed by atoms with van der Waals surface area (Å²) < 4.78 is 0. The van der Waals surface area contributed by atoms with Gasteiger partial charge in [-0.3, -0.25) is 0 Å². The van der Waals surface area contributed by atoms with Crippen molar-refractivity contribution in [1.29, 1.82) is 0 Å². The molecule has 0 saturated carbocycles. The van der Waals surface area contributed by atoms with Gasteiger partial charge in [-0.05, 0) is 57.7 Å². The van der Waals surface area contributed by atoms with Crippen LogP contribution in [0.3, 0.4) is 0 Å². The maximum atomic E-state index is 4.01. The van der Waals surface area contributed by atoms with Crippen molar-refractivity contribution < 1.29 is 0 Å². The molecule has 0 heterocycles. The van der Waals surface area contributed by atoms with Gasteiger partial charge in [-0.15, -0.1) is 0 Å². The zero-order valence-electron chi connectivity index (χ0n) is 15.5. The molecule has 2 aromatic rings. The Morgan fingerprint density at radius 1 is 0.739 bits per heavy atom. The average molecular weight is 306 g/mol. The highest BCUT2D eigenvalue weighted by Gasteiger charge is 2.03. The van der Waals surface area contributed by atoms with Crippen LogP contribution in [-0.4, -0.2) is 0 Å². The van der Waals surface area contributed by atoms with E-state index in [-0.39, 0.29) is 0 Å². The molecule has 0 N–H and O–H groups in total. The van der Waals surface area contributed by atoms with Gasteiger partial charge in [0.15, 0.2) is 0 Å². The van der Waals surface area contributed by atoms with Crippen LogP contribution in [0.2, 0.25) is 0 Å². The van der Waals surface area contributed by atoms with E-state index in [4.69, 9.17) is 0 Å². The van der Waals surface area contributed by atoms with E-state index < -0.39 is 0 Å². The minimum Gasteiger partial charge on any atom is -0.0958 e. The summed E-state index contributed by atoms with van der Waals surface area (Å²) >= 11 is 0. The minimum absolute atomic E-state index is 1.06. The van der Waals surface area contributed by atoms with Gasteiger partial charge in [0, 0.05) is 0 Å². The third-order valence-corrected chi connectivity index (χ3v) is 4.06. The second kappa shape index (κ2) is 9.15. The fourth-order valence-electron chi connectivity index (χ4n) is 2.34. The summed E-state index contributed by atoms with van der Waals surface area (Å²) in [5.41, 5.74) is 9.17. The van der Waals surface area contributed by atoms with Crippen LogP contribution in [0.5, 0.6) is 0 Å². The Morgan fingerprint density at radius 3 is 1.39 bits per heavy atom. The molecule has 0 aliphatic carbocycles. The first-order valence-electron chi connectivity index (χ1n) is 8.31. The van der Waals surface area contributed by atoms with Crippen molar-refractivity contribution in [2.24, 2.45) is 0 Å². The van der Waals surface area contributed by atoms with Crippen LogP contribution in [0.4, 0.5) is 0 Å². The van der Waals surface area contributed by atoms with E-state index in [9.17, 15) is 0 Å². The van der Waals surface area contributed by atoms with Gasteiger partial charge in [0.1, 0.15) is 0 Å². The molecule has 0 radical (unpaired) electrons. The summed E-state index contributed by atoms with van der Waals surface area (Å²) in [5.74, 6) is 0. The normalized spacial score (nSPS) is 11.2. The van der Waals surface area contributed by atoms with Gasteiger partial charge in [0.05, 0.1) is 0 Å². The van der Waals surface area contributed by atoms with Crippen LogP contribution in [0.15, 0.2) is 66.3 Å². The first kappa shape index (κ1) is 19.0. The molecule has 0 aliphatic heterocycles. The van der Waals surface area contributed by atoms with Gasteiger partial charge in [0.25, 0.3) is 0 Å². The maximum absolute atomic E-state index is 4.01. The SMILES string of the molecule is C=C(C)/C(C)=C(/CC)c1ccc(C)cc1.Cc1ccc(C)cc1. The summed E-state index contributed by atoms with van der Waals surface area (Å²) in [6, 6.07) is 17.2. The summed E-state index contributed by atoms with van der Waals surface area (Å²) in [7, 11) is 0. The van der Waals surface area contributed by atoms with Crippen molar-refractivity contribution in [1.82, 2.24) is 0 Å². The first-order valence-corrected chi connectivity index (χ1v) is 8.31. The molecule has 0 fully saturated rings. The van der Waals surface area contributed by atoms with E-state index in [1.807, 2.05) is 0 Å². The Hall–Kier alpha value is -2.08. The van der Waals surface area contributed by atoms with Gasteiger partial charge in [-0.2, -0.15) is 0 Å². The third-order valence-electron chi connectivity index (χ3n) is 4.06. The Balaban J connectivity index is 0.000000277. The van der Waals surface area contributed by atoms with Gasteiger partial charge in [0.2, 0.25) is 0 Å². The molecule has 0 saturated heterocycles. The van der Waals surface area contributed by atoms with Gasteiger partial charge < -0.3 is 0 Å². The highest BCUT2D eigenvalue weighted by atomic mass is 14.1. The summed E-state index contributed by atoms with van der Waals surface area (Å²) in [6.07, 6.45) is 1.06. The lowest BCUT2D eigenvalue weighted by atomic mass is 9.95. The van der Waals surface area contributed by atoms with Gasteiger partial charge in [-0.1, -0.05) is 84.3 Å². The molecule has 0 nitrogen and oxygen atoms in total. The Morgan fingerprint density at radius 2 is 1.09 bits per heavy atom. The Labute approximate surface area is 142 Å². The smallest absolute Gasteiger partial charge is 0.0222 e. The molecule has 0 unspecified atom stereocenters. The number of allylic oxidation sites excluding steroid dienone is 3. The van der Waals surface area contributed by atoms with Gasteiger partial charge >= 0.3 is 0 Å². The van der Waals surface area contributed by atoms with Crippen LogP contribution in [0.25, 0.3) is 5.57 Å². The fraction of sp³-hybridized carbons (Fsp3) is 0.304. The number of benzene rings is 2. The molecule has 0 amide bonds. The molecule has 122 valence electrons. The second-order valence-corrected chi connectivity index (χ2v) is 6.26.